The molecule has 5 heteroatoms. The molecule has 0 amide bonds. The Morgan fingerprint density at radius 1 is 1.08 bits per heavy atom. The van der Waals surface area contributed by atoms with E-state index in [0.717, 1.165) is 16.5 Å². The van der Waals surface area contributed by atoms with Gasteiger partial charge in [-0.05, 0) is 62.3 Å². The van der Waals surface area contributed by atoms with Gasteiger partial charge in [0.1, 0.15) is 0 Å². The highest BCUT2D eigenvalue weighted by molar-refractivity contribution is 7.08. The lowest BCUT2D eigenvalue weighted by atomic mass is 9.95. The molecule has 4 rings (SSSR count). The smallest absolute Gasteiger partial charge is 0.338 e. The van der Waals surface area contributed by atoms with Crippen molar-refractivity contribution in [1.82, 2.24) is 4.98 Å². The number of rotatable bonds is 2. The minimum Gasteiger partial charge on any atom is -0.465 e. The van der Waals surface area contributed by atoms with Gasteiger partial charge in [0.2, 0.25) is 0 Å². The molecule has 2 heterocycles. The van der Waals surface area contributed by atoms with Crippen molar-refractivity contribution >= 4 is 38.9 Å². The van der Waals surface area contributed by atoms with Gasteiger partial charge in [-0.25, -0.2) is 4.79 Å². The number of hydrogen-bond acceptors (Lipinski definition) is 4. The van der Waals surface area contributed by atoms with Crippen molar-refractivity contribution in [3.05, 3.63) is 69.3 Å². The summed E-state index contributed by atoms with van der Waals surface area (Å²) in [7, 11) is 1.36. The third kappa shape index (κ3) is 2.21. The molecule has 4 aromatic rings. The van der Waals surface area contributed by atoms with Gasteiger partial charge >= 0.3 is 5.97 Å². The molecule has 0 saturated heterocycles. The number of thiophene rings is 1. The van der Waals surface area contributed by atoms with E-state index in [1.54, 1.807) is 29.7 Å². The molecule has 0 bridgehead atoms. The van der Waals surface area contributed by atoms with Crippen LogP contribution in [0.1, 0.15) is 10.4 Å². The summed E-state index contributed by atoms with van der Waals surface area (Å²) in [6.07, 6.45) is 1.58. The minimum atomic E-state index is -0.412. The van der Waals surface area contributed by atoms with Crippen molar-refractivity contribution in [1.29, 1.82) is 0 Å². The van der Waals surface area contributed by atoms with Gasteiger partial charge in [0.15, 0.2) is 0 Å². The average Bonchev–Trinajstić information content (AvgIpc) is 3.14. The number of aromatic nitrogens is 1. The Labute approximate surface area is 141 Å². The molecule has 0 aliphatic carbocycles. The summed E-state index contributed by atoms with van der Waals surface area (Å²) >= 11 is 1.62. The average molecular weight is 335 g/mol. The number of carbonyl (C=O) groups excluding carboxylic acids is 1. The Morgan fingerprint density at radius 2 is 1.96 bits per heavy atom. The van der Waals surface area contributed by atoms with Gasteiger partial charge in [-0.2, -0.15) is 11.3 Å². The molecular formula is C19H13NO3S. The van der Waals surface area contributed by atoms with Gasteiger partial charge < -0.3 is 9.72 Å². The third-order valence-corrected chi connectivity index (χ3v) is 4.82. The second-order valence-electron chi connectivity index (χ2n) is 5.46. The molecule has 1 N–H and O–H groups in total. The number of nitrogens with one attached hydrogen (secondary N) is 1. The van der Waals surface area contributed by atoms with E-state index >= 15 is 0 Å². The van der Waals surface area contributed by atoms with Crippen LogP contribution in [0.4, 0.5) is 0 Å². The first kappa shape index (κ1) is 14.7. The quantitative estimate of drug-likeness (QED) is 0.441. The Balaban J connectivity index is 2.16. The van der Waals surface area contributed by atoms with E-state index in [0.29, 0.717) is 21.7 Å². The van der Waals surface area contributed by atoms with E-state index in [1.807, 2.05) is 29.6 Å². The molecule has 0 unspecified atom stereocenters. The number of hydrogen-bond donors (Lipinski definition) is 1. The first-order valence-corrected chi connectivity index (χ1v) is 8.32. The number of benzene rings is 2. The topological polar surface area (TPSA) is 59.2 Å². The predicted molar refractivity (Wildman–Crippen MR) is 96.7 cm³/mol. The molecule has 4 nitrogen and oxygen atoms in total. The van der Waals surface area contributed by atoms with E-state index in [4.69, 9.17) is 4.74 Å². The van der Waals surface area contributed by atoms with Crippen molar-refractivity contribution in [2.75, 3.05) is 7.11 Å². The SMILES string of the molecule is COC(=O)c1cc2cc[nH]c(=O)c2c2cc(-c3ccsc3)ccc12. The van der Waals surface area contributed by atoms with Gasteiger partial charge in [-0.1, -0.05) is 12.1 Å². The predicted octanol–water partition coefficient (Wildman–Crippen LogP) is 4.20. The fourth-order valence-electron chi connectivity index (χ4n) is 3.00. The number of aromatic amines is 1. The summed E-state index contributed by atoms with van der Waals surface area (Å²) in [6.45, 7) is 0. The largest absolute Gasteiger partial charge is 0.465 e. The third-order valence-electron chi connectivity index (χ3n) is 4.13. The second kappa shape index (κ2) is 5.62. The standard InChI is InChI=1S/C19H13NO3S/c1-23-19(22)16-9-12-4-6-20-18(21)17(12)15-8-11(2-3-14(15)16)13-5-7-24-10-13/h2-10H,1H3,(H,20,21). The summed E-state index contributed by atoms with van der Waals surface area (Å²) in [4.78, 5) is 27.2. The number of esters is 1. The van der Waals surface area contributed by atoms with Crippen LogP contribution in [0.15, 0.2) is 58.1 Å². The molecule has 0 aliphatic heterocycles. The van der Waals surface area contributed by atoms with Crippen molar-refractivity contribution in [3.63, 3.8) is 0 Å². The van der Waals surface area contributed by atoms with Crippen molar-refractivity contribution in [2.45, 2.75) is 0 Å². The van der Waals surface area contributed by atoms with Gasteiger partial charge in [0.05, 0.1) is 18.1 Å². The summed E-state index contributed by atoms with van der Waals surface area (Å²) in [5.74, 6) is -0.412. The zero-order valence-corrected chi connectivity index (χ0v) is 13.6. The van der Waals surface area contributed by atoms with Crippen LogP contribution in [-0.2, 0) is 4.74 Å². The van der Waals surface area contributed by atoms with Crippen LogP contribution in [0.25, 0.3) is 32.7 Å². The summed E-state index contributed by atoms with van der Waals surface area (Å²) in [5.41, 5.74) is 2.39. The molecule has 0 fully saturated rings. The van der Waals surface area contributed by atoms with Crippen molar-refractivity contribution in [3.8, 4) is 11.1 Å². The number of ether oxygens (including phenoxy) is 1. The lowest BCUT2D eigenvalue weighted by Crippen LogP contribution is -2.08. The molecule has 0 saturated carbocycles. The molecule has 118 valence electrons. The highest BCUT2D eigenvalue weighted by Gasteiger charge is 2.16. The van der Waals surface area contributed by atoms with Gasteiger partial charge in [0.25, 0.3) is 5.56 Å². The first-order valence-electron chi connectivity index (χ1n) is 7.38. The Hall–Kier alpha value is -2.92. The van der Waals surface area contributed by atoms with Crippen LogP contribution >= 0.6 is 11.3 Å². The number of fused-ring (bicyclic) bond motifs is 3. The number of H-pyrrole nitrogens is 1. The van der Waals surface area contributed by atoms with Crippen LogP contribution in [0, 0.1) is 0 Å². The molecule has 0 radical (unpaired) electrons. The maximum absolute atomic E-state index is 12.4. The molecule has 2 aromatic heterocycles. The molecular weight excluding hydrogens is 322 g/mol. The Morgan fingerprint density at radius 3 is 2.71 bits per heavy atom. The summed E-state index contributed by atoms with van der Waals surface area (Å²) in [6, 6.07) is 11.3. The fraction of sp³-hybridized carbons (Fsp3) is 0.0526. The number of methoxy groups -OCH3 is 1. The van der Waals surface area contributed by atoms with Crippen LogP contribution < -0.4 is 5.56 Å². The molecule has 0 atom stereocenters. The molecule has 0 spiro atoms. The maximum Gasteiger partial charge on any atom is 0.338 e. The summed E-state index contributed by atoms with van der Waals surface area (Å²) < 4.78 is 4.90. The minimum absolute atomic E-state index is 0.170. The van der Waals surface area contributed by atoms with E-state index in [1.165, 1.54) is 7.11 Å². The van der Waals surface area contributed by atoms with E-state index in [-0.39, 0.29) is 5.56 Å². The number of carbonyl (C=O) groups is 1. The Bertz CT molecular complexity index is 1130. The highest BCUT2D eigenvalue weighted by Crippen LogP contribution is 2.32. The van der Waals surface area contributed by atoms with Crippen LogP contribution in [-0.4, -0.2) is 18.1 Å². The molecule has 24 heavy (non-hydrogen) atoms. The second-order valence-corrected chi connectivity index (χ2v) is 6.24. The fourth-order valence-corrected chi connectivity index (χ4v) is 3.66. The number of pyridine rings is 1. The monoisotopic (exact) mass is 335 g/mol. The van der Waals surface area contributed by atoms with Crippen molar-refractivity contribution in [2.24, 2.45) is 0 Å². The summed E-state index contributed by atoms with van der Waals surface area (Å²) in [5, 5.41) is 6.82. The first-order chi connectivity index (χ1) is 11.7. The zero-order valence-electron chi connectivity index (χ0n) is 12.8. The van der Waals surface area contributed by atoms with Gasteiger partial charge in [-0.15, -0.1) is 0 Å². The Kier molecular flexibility index (Phi) is 3.43. The zero-order chi connectivity index (χ0) is 16.7. The van der Waals surface area contributed by atoms with E-state index in [9.17, 15) is 9.59 Å². The van der Waals surface area contributed by atoms with E-state index < -0.39 is 5.97 Å². The van der Waals surface area contributed by atoms with E-state index in [2.05, 4.69) is 10.4 Å². The van der Waals surface area contributed by atoms with Gasteiger partial charge in [-0.3, -0.25) is 4.79 Å². The highest BCUT2D eigenvalue weighted by atomic mass is 32.1. The lowest BCUT2D eigenvalue weighted by molar-refractivity contribution is 0.0603. The van der Waals surface area contributed by atoms with Crippen LogP contribution in [0.2, 0.25) is 0 Å². The molecule has 2 aromatic carbocycles. The lowest BCUT2D eigenvalue weighted by Gasteiger charge is -2.10. The van der Waals surface area contributed by atoms with Crippen LogP contribution in [0.3, 0.4) is 0 Å². The van der Waals surface area contributed by atoms with Crippen molar-refractivity contribution < 1.29 is 9.53 Å². The maximum atomic E-state index is 12.4. The van der Waals surface area contributed by atoms with Crippen LogP contribution in [0.5, 0.6) is 0 Å². The normalized spacial score (nSPS) is 11.0. The molecule has 0 aliphatic rings. The van der Waals surface area contributed by atoms with Gasteiger partial charge in [0, 0.05) is 6.20 Å².